The number of benzene rings is 2. The maximum absolute atomic E-state index is 13.1. The van der Waals surface area contributed by atoms with Gasteiger partial charge >= 0.3 is 0 Å². The van der Waals surface area contributed by atoms with Crippen molar-refractivity contribution >= 4 is 23.2 Å². The van der Waals surface area contributed by atoms with Gasteiger partial charge in [-0.15, -0.1) is 0 Å². The Labute approximate surface area is 121 Å². The fraction of sp³-hybridized carbons (Fsp3) is 0.133. The van der Waals surface area contributed by atoms with E-state index in [0.717, 1.165) is 0 Å². The Balaban J connectivity index is 2.26. The number of halogens is 2. The number of anilines is 1. The maximum Gasteiger partial charge on any atom is 0.259 e. The zero-order chi connectivity index (χ0) is 14.5. The first kappa shape index (κ1) is 14.3. The zero-order valence-corrected chi connectivity index (χ0v) is 11.6. The van der Waals surface area contributed by atoms with Crippen molar-refractivity contribution in [3.63, 3.8) is 0 Å². The minimum atomic E-state index is -0.418. The molecule has 0 saturated carbocycles. The second-order valence-corrected chi connectivity index (χ2v) is 4.47. The average Bonchev–Trinajstić information content (AvgIpc) is 2.41. The molecule has 1 N–H and O–H groups in total. The summed E-state index contributed by atoms with van der Waals surface area (Å²) in [5.41, 5.74) is 0.682. The topological polar surface area (TPSA) is 38.3 Å². The Morgan fingerprint density at radius 1 is 1.30 bits per heavy atom. The number of hydrogen-bond donors (Lipinski definition) is 1. The first-order valence-corrected chi connectivity index (χ1v) is 6.47. The van der Waals surface area contributed by atoms with E-state index in [4.69, 9.17) is 16.3 Å². The molecule has 0 bridgehead atoms. The highest BCUT2D eigenvalue weighted by atomic mass is 35.5. The van der Waals surface area contributed by atoms with Crippen molar-refractivity contribution in [2.75, 3.05) is 11.9 Å². The molecule has 0 aromatic heterocycles. The highest BCUT2D eigenvalue weighted by Crippen LogP contribution is 2.24. The van der Waals surface area contributed by atoms with Crippen LogP contribution < -0.4 is 10.1 Å². The molecule has 1 amide bonds. The van der Waals surface area contributed by atoms with Gasteiger partial charge in [-0.05, 0) is 43.3 Å². The predicted molar refractivity (Wildman–Crippen MR) is 77.0 cm³/mol. The highest BCUT2D eigenvalue weighted by molar-refractivity contribution is 6.31. The maximum atomic E-state index is 13.1. The van der Waals surface area contributed by atoms with Gasteiger partial charge in [0.1, 0.15) is 11.6 Å². The molecule has 0 aliphatic heterocycles. The van der Waals surface area contributed by atoms with Gasteiger partial charge < -0.3 is 10.1 Å². The molecule has 0 atom stereocenters. The summed E-state index contributed by atoms with van der Waals surface area (Å²) in [5, 5.41) is 3.04. The van der Waals surface area contributed by atoms with Gasteiger partial charge in [0.2, 0.25) is 0 Å². The number of carbonyl (C=O) groups excluding carboxylic acids is 1. The molecule has 0 unspecified atom stereocenters. The normalized spacial score (nSPS) is 10.2. The molecule has 20 heavy (non-hydrogen) atoms. The van der Waals surface area contributed by atoms with Gasteiger partial charge in [-0.1, -0.05) is 17.7 Å². The van der Waals surface area contributed by atoms with Crippen LogP contribution in [0.2, 0.25) is 5.02 Å². The third-order valence-corrected chi connectivity index (χ3v) is 2.80. The quantitative estimate of drug-likeness (QED) is 0.920. The number of ether oxygens (including phenoxy) is 1. The number of amides is 1. The summed E-state index contributed by atoms with van der Waals surface area (Å²) >= 11 is 5.89. The SMILES string of the molecule is CCOc1ccc(Cl)cc1C(=O)Nc1cccc(F)c1. The molecule has 0 spiro atoms. The molecule has 0 fully saturated rings. The summed E-state index contributed by atoms with van der Waals surface area (Å²) < 4.78 is 18.5. The van der Waals surface area contributed by atoms with Crippen LogP contribution >= 0.6 is 11.6 Å². The molecule has 2 rings (SSSR count). The fourth-order valence-electron chi connectivity index (χ4n) is 1.73. The van der Waals surface area contributed by atoms with E-state index in [-0.39, 0.29) is 0 Å². The number of nitrogens with one attached hydrogen (secondary N) is 1. The zero-order valence-electron chi connectivity index (χ0n) is 10.8. The molecule has 0 radical (unpaired) electrons. The molecular weight excluding hydrogens is 281 g/mol. The minimum Gasteiger partial charge on any atom is -0.493 e. The molecule has 3 nitrogen and oxygen atoms in total. The minimum absolute atomic E-state index is 0.309. The standard InChI is InChI=1S/C15H13ClFNO2/c1-2-20-14-7-6-10(16)8-13(14)15(19)18-12-5-3-4-11(17)9-12/h3-9H,2H2,1H3,(H,18,19). The first-order chi connectivity index (χ1) is 9.60. The van der Waals surface area contributed by atoms with Crippen LogP contribution in [0, 0.1) is 5.82 Å². The van der Waals surface area contributed by atoms with Crippen LogP contribution in [-0.2, 0) is 0 Å². The van der Waals surface area contributed by atoms with Gasteiger partial charge in [0.15, 0.2) is 0 Å². The molecule has 0 aliphatic carbocycles. The van der Waals surface area contributed by atoms with Gasteiger partial charge in [0.05, 0.1) is 12.2 Å². The Morgan fingerprint density at radius 2 is 2.10 bits per heavy atom. The molecule has 104 valence electrons. The lowest BCUT2D eigenvalue weighted by molar-refractivity contribution is 0.102. The van der Waals surface area contributed by atoms with E-state index in [0.29, 0.717) is 28.6 Å². The van der Waals surface area contributed by atoms with Crippen molar-refractivity contribution in [3.8, 4) is 5.75 Å². The fourth-order valence-corrected chi connectivity index (χ4v) is 1.90. The van der Waals surface area contributed by atoms with E-state index in [1.165, 1.54) is 24.3 Å². The lowest BCUT2D eigenvalue weighted by Gasteiger charge is -2.11. The van der Waals surface area contributed by atoms with Crippen LogP contribution in [-0.4, -0.2) is 12.5 Å². The van der Waals surface area contributed by atoms with Crippen LogP contribution in [0.1, 0.15) is 17.3 Å². The summed E-state index contributed by atoms with van der Waals surface area (Å²) in [7, 11) is 0. The molecule has 0 aliphatic rings. The third-order valence-electron chi connectivity index (χ3n) is 2.57. The van der Waals surface area contributed by atoms with Gasteiger partial charge in [-0.25, -0.2) is 4.39 Å². The van der Waals surface area contributed by atoms with Crippen molar-refractivity contribution < 1.29 is 13.9 Å². The van der Waals surface area contributed by atoms with E-state index in [9.17, 15) is 9.18 Å². The second kappa shape index (κ2) is 6.39. The van der Waals surface area contributed by atoms with Crippen molar-refractivity contribution in [1.82, 2.24) is 0 Å². The van der Waals surface area contributed by atoms with E-state index in [1.54, 1.807) is 18.2 Å². The number of hydrogen-bond acceptors (Lipinski definition) is 2. The molecular formula is C15H13ClFNO2. The van der Waals surface area contributed by atoms with Crippen molar-refractivity contribution in [2.45, 2.75) is 6.92 Å². The summed E-state index contributed by atoms with van der Waals surface area (Å²) in [5.74, 6) is -0.383. The van der Waals surface area contributed by atoms with Crippen molar-refractivity contribution in [1.29, 1.82) is 0 Å². The second-order valence-electron chi connectivity index (χ2n) is 4.04. The van der Waals surface area contributed by atoms with Gasteiger partial charge in [0, 0.05) is 10.7 Å². The Morgan fingerprint density at radius 3 is 2.80 bits per heavy atom. The van der Waals surface area contributed by atoms with Crippen LogP contribution in [0.4, 0.5) is 10.1 Å². The van der Waals surface area contributed by atoms with Crippen molar-refractivity contribution in [3.05, 3.63) is 58.9 Å². The summed E-state index contributed by atoms with van der Waals surface area (Å²) in [6.45, 7) is 2.25. The van der Waals surface area contributed by atoms with E-state index < -0.39 is 11.7 Å². The van der Waals surface area contributed by atoms with Crippen LogP contribution in [0.15, 0.2) is 42.5 Å². The van der Waals surface area contributed by atoms with Crippen LogP contribution in [0.3, 0.4) is 0 Å². The highest BCUT2D eigenvalue weighted by Gasteiger charge is 2.13. The number of rotatable bonds is 4. The lowest BCUT2D eigenvalue weighted by atomic mass is 10.2. The Bertz CT molecular complexity index is 631. The first-order valence-electron chi connectivity index (χ1n) is 6.09. The van der Waals surface area contributed by atoms with Crippen LogP contribution in [0.25, 0.3) is 0 Å². The molecule has 0 heterocycles. The van der Waals surface area contributed by atoms with Gasteiger partial charge in [0.25, 0.3) is 5.91 Å². The van der Waals surface area contributed by atoms with E-state index >= 15 is 0 Å². The number of carbonyl (C=O) groups is 1. The average molecular weight is 294 g/mol. The van der Waals surface area contributed by atoms with Crippen LogP contribution in [0.5, 0.6) is 5.75 Å². The molecule has 2 aromatic carbocycles. The summed E-state index contributed by atoms with van der Waals surface area (Å²) in [4.78, 5) is 12.2. The lowest BCUT2D eigenvalue weighted by Crippen LogP contribution is -2.13. The monoisotopic (exact) mass is 293 g/mol. The smallest absolute Gasteiger partial charge is 0.259 e. The molecule has 5 heteroatoms. The van der Waals surface area contributed by atoms with E-state index in [1.807, 2.05) is 6.92 Å². The third kappa shape index (κ3) is 3.48. The van der Waals surface area contributed by atoms with Gasteiger partial charge in [-0.2, -0.15) is 0 Å². The van der Waals surface area contributed by atoms with E-state index in [2.05, 4.69) is 5.32 Å². The Kier molecular flexibility index (Phi) is 4.58. The molecule has 0 saturated heterocycles. The van der Waals surface area contributed by atoms with Gasteiger partial charge in [-0.3, -0.25) is 4.79 Å². The summed E-state index contributed by atoms with van der Waals surface area (Å²) in [6.07, 6.45) is 0. The Hall–Kier alpha value is -2.07. The predicted octanol–water partition coefficient (Wildman–Crippen LogP) is 4.13. The largest absolute Gasteiger partial charge is 0.493 e. The summed E-state index contributed by atoms with van der Waals surface area (Å²) in [6, 6.07) is 10.5. The molecule has 2 aromatic rings. The van der Waals surface area contributed by atoms with Crippen molar-refractivity contribution in [2.24, 2.45) is 0 Å².